The maximum Gasteiger partial charge on any atom is 0.270 e. The van der Waals surface area contributed by atoms with Crippen LogP contribution in [0.4, 0.5) is 5.95 Å². The molecule has 0 bridgehead atoms. The van der Waals surface area contributed by atoms with Crippen LogP contribution in [-0.2, 0) is 6.42 Å². The summed E-state index contributed by atoms with van der Waals surface area (Å²) in [6, 6.07) is 16.5. The number of terminal acetylenes is 1. The molecule has 7 heteroatoms. The van der Waals surface area contributed by atoms with Crippen molar-refractivity contribution in [2.75, 3.05) is 12.0 Å². The average molecular weight is 409 g/mol. The average Bonchev–Trinajstić information content (AvgIpc) is 2.79. The van der Waals surface area contributed by atoms with Crippen molar-refractivity contribution in [1.82, 2.24) is 9.97 Å². The number of nitrogens with zero attached hydrogens (tertiary/aromatic N) is 3. The summed E-state index contributed by atoms with van der Waals surface area (Å²) in [6.07, 6.45) is 9.22. The Morgan fingerprint density at radius 2 is 2.10 bits per heavy atom. The van der Waals surface area contributed by atoms with Crippen molar-refractivity contribution in [3.63, 3.8) is 0 Å². The maximum atomic E-state index is 12.3. The summed E-state index contributed by atoms with van der Waals surface area (Å²) in [5, 5.41) is 13.5. The summed E-state index contributed by atoms with van der Waals surface area (Å²) in [4.78, 5) is 19.2. The number of H-pyrrole nitrogens is 1. The molecule has 0 fully saturated rings. The molecule has 7 nitrogen and oxygen atoms in total. The minimum atomic E-state index is -0.544. The van der Waals surface area contributed by atoms with Crippen molar-refractivity contribution in [2.45, 2.75) is 6.42 Å². The van der Waals surface area contributed by atoms with Gasteiger partial charge in [0.25, 0.3) is 5.56 Å². The van der Waals surface area contributed by atoms with Crippen LogP contribution in [0.2, 0.25) is 0 Å². The van der Waals surface area contributed by atoms with Gasteiger partial charge in [0.05, 0.1) is 11.9 Å². The Hall–Kier alpha value is -4.62. The number of ether oxygens (including phenoxy) is 1. The molecule has 0 unspecified atom stereocenters. The number of hydrazone groups is 1. The van der Waals surface area contributed by atoms with Crippen molar-refractivity contribution in [1.29, 1.82) is 5.26 Å². The first-order valence-electron chi connectivity index (χ1n) is 9.35. The van der Waals surface area contributed by atoms with Gasteiger partial charge < -0.3 is 4.74 Å². The zero-order valence-electron chi connectivity index (χ0n) is 16.6. The Morgan fingerprint density at radius 3 is 2.81 bits per heavy atom. The van der Waals surface area contributed by atoms with Gasteiger partial charge in [-0.25, -0.2) is 10.4 Å². The lowest BCUT2D eigenvalue weighted by Crippen LogP contribution is -2.16. The third-order valence-corrected chi connectivity index (χ3v) is 4.22. The minimum absolute atomic E-state index is 0.0580. The quantitative estimate of drug-likeness (QED) is 0.257. The van der Waals surface area contributed by atoms with E-state index >= 15 is 0 Å². The SMILES string of the molecule is C#CCOc1ccc(C=NNc2nc(-c3ccccc3)c(C#N)c(=O)[nH]2)cc1CC=C. The van der Waals surface area contributed by atoms with Crippen LogP contribution in [-0.4, -0.2) is 22.8 Å². The topological polar surface area (TPSA) is 103 Å². The molecule has 152 valence electrons. The minimum Gasteiger partial charge on any atom is -0.481 e. The first-order valence-corrected chi connectivity index (χ1v) is 9.35. The van der Waals surface area contributed by atoms with Gasteiger partial charge in [-0.15, -0.1) is 13.0 Å². The highest BCUT2D eigenvalue weighted by molar-refractivity contribution is 5.81. The lowest BCUT2D eigenvalue weighted by atomic mass is 10.1. The second-order valence-electron chi connectivity index (χ2n) is 6.34. The van der Waals surface area contributed by atoms with Crippen LogP contribution in [0.25, 0.3) is 11.3 Å². The highest BCUT2D eigenvalue weighted by Crippen LogP contribution is 2.21. The fraction of sp³-hybridized carbons (Fsp3) is 0.0833. The second-order valence-corrected chi connectivity index (χ2v) is 6.34. The summed E-state index contributed by atoms with van der Waals surface area (Å²) in [7, 11) is 0. The van der Waals surface area contributed by atoms with E-state index in [4.69, 9.17) is 11.2 Å². The van der Waals surface area contributed by atoms with Gasteiger partial charge in [0.15, 0.2) is 0 Å². The van der Waals surface area contributed by atoms with E-state index in [0.29, 0.717) is 17.7 Å². The highest BCUT2D eigenvalue weighted by Gasteiger charge is 2.12. The van der Waals surface area contributed by atoms with Crippen molar-refractivity contribution in [2.24, 2.45) is 5.10 Å². The third kappa shape index (κ3) is 5.26. The number of benzene rings is 2. The van der Waals surface area contributed by atoms with Crippen molar-refractivity contribution >= 4 is 12.2 Å². The zero-order valence-corrected chi connectivity index (χ0v) is 16.6. The fourth-order valence-electron chi connectivity index (χ4n) is 2.86. The van der Waals surface area contributed by atoms with Gasteiger partial charge in [-0.05, 0) is 35.7 Å². The Labute approximate surface area is 179 Å². The van der Waals surface area contributed by atoms with Crippen LogP contribution in [0.3, 0.4) is 0 Å². The molecule has 2 aromatic carbocycles. The van der Waals surface area contributed by atoms with Crippen molar-refractivity contribution in [3.8, 4) is 35.4 Å². The van der Waals surface area contributed by atoms with Gasteiger partial charge in [-0.1, -0.05) is 42.3 Å². The van der Waals surface area contributed by atoms with E-state index in [1.165, 1.54) is 0 Å². The second kappa shape index (κ2) is 10.2. The predicted molar refractivity (Wildman–Crippen MR) is 121 cm³/mol. The monoisotopic (exact) mass is 409 g/mol. The van der Waals surface area contributed by atoms with Crippen LogP contribution in [0.15, 0.2) is 71.1 Å². The molecule has 0 atom stereocenters. The molecule has 0 spiro atoms. The Morgan fingerprint density at radius 1 is 1.29 bits per heavy atom. The van der Waals surface area contributed by atoms with E-state index < -0.39 is 5.56 Å². The molecule has 0 radical (unpaired) electrons. The molecule has 31 heavy (non-hydrogen) atoms. The summed E-state index contributed by atoms with van der Waals surface area (Å²) >= 11 is 0. The van der Waals surface area contributed by atoms with Crippen LogP contribution in [0.5, 0.6) is 5.75 Å². The van der Waals surface area contributed by atoms with Gasteiger partial charge in [-0.3, -0.25) is 9.78 Å². The maximum absolute atomic E-state index is 12.3. The Bertz CT molecular complexity index is 1250. The molecule has 2 N–H and O–H groups in total. The van der Waals surface area contributed by atoms with E-state index in [9.17, 15) is 10.1 Å². The number of aromatic amines is 1. The summed E-state index contributed by atoms with van der Waals surface area (Å²) in [6.45, 7) is 3.94. The normalized spacial score (nSPS) is 10.3. The Balaban J connectivity index is 1.84. The number of rotatable bonds is 8. The van der Waals surface area contributed by atoms with E-state index in [1.54, 1.807) is 24.4 Å². The lowest BCUT2D eigenvalue weighted by molar-refractivity contribution is 0.367. The predicted octanol–water partition coefficient (Wildman–Crippen LogP) is 3.50. The van der Waals surface area contributed by atoms with E-state index in [-0.39, 0.29) is 23.8 Å². The van der Waals surface area contributed by atoms with Crippen molar-refractivity contribution < 1.29 is 4.74 Å². The van der Waals surface area contributed by atoms with Crippen LogP contribution >= 0.6 is 0 Å². The first kappa shape index (κ1) is 21.1. The molecular formula is C24H19N5O2. The highest BCUT2D eigenvalue weighted by atomic mass is 16.5. The van der Waals surface area contributed by atoms with Gasteiger partial charge in [-0.2, -0.15) is 10.4 Å². The molecular weight excluding hydrogens is 390 g/mol. The summed E-state index contributed by atoms with van der Waals surface area (Å²) < 4.78 is 5.54. The number of hydrogen-bond donors (Lipinski definition) is 2. The van der Waals surface area contributed by atoms with Crippen LogP contribution in [0.1, 0.15) is 16.7 Å². The number of nitrogens with one attached hydrogen (secondary N) is 2. The lowest BCUT2D eigenvalue weighted by Gasteiger charge is -2.09. The van der Waals surface area contributed by atoms with Gasteiger partial charge in [0.1, 0.15) is 24.0 Å². The molecule has 3 rings (SSSR count). The number of allylic oxidation sites excluding steroid dienone is 1. The van der Waals surface area contributed by atoms with Crippen LogP contribution in [0, 0.1) is 23.7 Å². The molecule has 0 saturated heterocycles. The van der Waals surface area contributed by atoms with E-state index in [2.05, 4.69) is 33.0 Å². The summed E-state index contributed by atoms with van der Waals surface area (Å²) in [5.74, 6) is 3.25. The standard InChI is InChI=1S/C24H19N5O2/c1-3-8-19-14-17(11-12-21(19)31-13-4-2)16-26-29-24-27-22(18-9-6-5-7-10-18)20(15-25)23(30)28-24/h2-3,5-7,9-12,14,16H,1,8,13H2,(H2,27,28,29,30). The Kier molecular flexibility index (Phi) is 6.97. The molecule has 0 amide bonds. The molecule has 0 aliphatic heterocycles. The van der Waals surface area contributed by atoms with Gasteiger partial charge in [0, 0.05) is 5.56 Å². The molecule has 0 aliphatic carbocycles. The molecule has 0 aliphatic rings. The fourth-order valence-corrected chi connectivity index (χ4v) is 2.86. The van der Waals surface area contributed by atoms with E-state index in [1.807, 2.05) is 42.5 Å². The summed E-state index contributed by atoms with van der Waals surface area (Å²) in [5.41, 5.74) is 4.78. The third-order valence-electron chi connectivity index (χ3n) is 4.22. The number of nitriles is 1. The molecule has 1 aromatic heterocycles. The smallest absolute Gasteiger partial charge is 0.270 e. The van der Waals surface area contributed by atoms with Gasteiger partial charge >= 0.3 is 0 Å². The van der Waals surface area contributed by atoms with E-state index in [0.717, 1.165) is 11.1 Å². The largest absolute Gasteiger partial charge is 0.481 e. The number of hydrogen-bond acceptors (Lipinski definition) is 6. The molecule has 3 aromatic rings. The number of aromatic nitrogens is 2. The zero-order chi connectivity index (χ0) is 22.1. The van der Waals surface area contributed by atoms with Gasteiger partial charge in [0.2, 0.25) is 5.95 Å². The number of anilines is 1. The molecule has 0 saturated carbocycles. The first-order chi connectivity index (χ1) is 15.2. The molecule has 1 heterocycles. The van der Waals surface area contributed by atoms with Crippen LogP contribution < -0.4 is 15.7 Å². The van der Waals surface area contributed by atoms with Crippen molar-refractivity contribution in [3.05, 3.63) is 88.2 Å².